The van der Waals surface area contributed by atoms with Crippen molar-refractivity contribution in [1.29, 1.82) is 0 Å². The van der Waals surface area contributed by atoms with Crippen molar-refractivity contribution in [1.82, 2.24) is 10.6 Å². The van der Waals surface area contributed by atoms with Crippen LogP contribution in [0.25, 0.3) is 0 Å². The molecule has 0 amide bonds. The molecule has 0 saturated carbocycles. The Morgan fingerprint density at radius 2 is 1.85 bits per heavy atom. The van der Waals surface area contributed by atoms with Crippen molar-refractivity contribution in [2.45, 2.75) is 11.3 Å². The highest BCUT2D eigenvalue weighted by molar-refractivity contribution is 14.0. The smallest absolute Gasteiger partial charge is 0.191 e. The zero-order valence-electron chi connectivity index (χ0n) is 14.8. The van der Waals surface area contributed by atoms with E-state index in [2.05, 4.69) is 27.1 Å². The van der Waals surface area contributed by atoms with Crippen molar-refractivity contribution in [3.05, 3.63) is 46.7 Å². The van der Waals surface area contributed by atoms with Gasteiger partial charge in [0, 0.05) is 24.7 Å². The number of rotatable bonds is 8. The molecule has 0 spiro atoms. The van der Waals surface area contributed by atoms with Crippen molar-refractivity contribution < 1.29 is 13.2 Å². The molecule has 0 radical (unpaired) electrons. The van der Waals surface area contributed by atoms with Crippen LogP contribution < -0.4 is 15.4 Å². The fraction of sp³-hybridized carbons (Fsp3) is 0.353. The van der Waals surface area contributed by atoms with Gasteiger partial charge in [-0.3, -0.25) is 4.99 Å². The Balaban J connectivity index is 0.00000338. The number of benzene rings is 1. The van der Waals surface area contributed by atoms with Crippen molar-refractivity contribution in [3.8, 4) is 5.75 Å². The summed E-state index contributed by atoms with van der Waals surface area (Å²) in [6, 6.07) is 10.6. The predicted octanol–water partition coefficient (Wildman–Crippen LogP) is 2.56. The van der Waals surface area contributed by atoms with Crippen LogP contribution in [-0.2, 0) is 16.3 Å². The van der Waals surface area contributed by atoms with Crippen molar-refractivity contribution >= 4 is 51.1 Å². The van der Waals surface area contributed by atoms with E-state index >= 15 is 0 Å². The van der Waals surface area contributed by atoms with Gasteiger partial charge in [-0.05, 0) is 42.1 Å². The average molecular weight is 509 g/mol. The highest BCUT2D eigenvalue weighted by Gasteiger charge is 2.06. The Morgan fingerprint density at radius 1 is 1.15 bits per heavy atom. The number of hydrogen-bond acceptors (Lipinski definition) is 5. The monoisotopic (exact) mass is 509 g/mol. The van der Waals surface area contributed by atoms with Crippen LogP contribution in [0.1, 0.15) is 4.88 Å². The van der Waals surface area contributed by atoms with Crippen molar-refractivity contribution in [2.24, 2.45) is 4.99 Å². The highest BCUT2D eigenvalue weighted by Crippen LogP contribution is 2.15. The van der Waals surface area contributed by atoms with Gasteiger partial charge in [0.05, 0.1) is 11.4 Å². The first kappa shape index (κ1) is 22.7. The molecule has 26 heavy (non-hydrogen) atoms. The van der Waals surface area contributed by atoms with Crippen LogP contribution in [0.15, 0.2) is 51.7 Å². The van der Waals surface area contributed by atoms with Crippen molar-refractivity contribution in [2.75, 3.05) is 33.0 Å². The molecule has 2 rings (SSSR count). The maximum atomic E-state index is 11.4. The van der Waals surface area contributed by atoms with E-state index in [-0.39, 0.29) is 28.9 Å². The number of aliphatic imine (C=N–C) groups is 1. The molecule has 1 heterocycles. The van der Waals surface area contributed by atoms with E-state index in [0.717, 1.165) is 18.9 Å². The van der Waals surface area contributed by atoms with Gasteiger partial charge in [-0.25, -0.2) is 8.42 Å². The first-order chi connectivity index (χ1) is 12.0. The fourth-order valence-corrected chi connectivity index (χ4v) is 3.44. The Hall–Kier alpha value is -1.33. The van der Waals surface area contributed by atoms with Gasteiger partial charge in [-0.2, -0.15) is 0 Å². The summed E-state index contributed by atoms with van der Waals surface area (Å²) in [7, 11) is -1.45. The minimum Gasteiger partial charge on any atom is -0.492 e. The van der Waals surface area contributed by atoms with Gasteiger partial charge in [-0.15, -0.1) is 35.3 Å². The van der Waals surface area contributed by atoms with E-state index in [1.54, 1.807) is 42.6 Å². The quantitative estimate of drug-likeness (QED) is 0.248. The normalized spacial score (nSPS) is 11.5. The number of ether oxygens (including phenoxy) is 1. The SMILES string of the molecule is CN=C(NCCOc1ccc(S(C)(=O)=O)cc1)NCCc1cccs1.I. The number of nitrogens with one attached hydrogen (secondary N) is 2. The number of guanidine groups is 1. The van der Waals surface area contributed by atoms with E-state index in [4.69, 9.17) is 4.74 Å². The lowest BCUT2D eigenvalue weighted by atomic mass is 10.3. The topological polar surface area (TPSA) is 79.8 Å². The summed E-state index contributed by atoms with van der Waals surface area (Å²) >= 11 is 1.75. The van der Waals surface area contributed by atoms with Gasteiger partial charge in [0.1, 0.15) is 12.4 Å². The standard InChI is InChI=1S/C17H23N3O3S2.HI/c1-18-17(19-10-9-15-4-3-13-24-15)20-11-12-23-14-5-7-16(8-6-14)25(2,21)22;/h3-8,13H,9-12H2,1-2H3,(H2,18,19,20);1H. The molecule has 0 unspecified atom stereocenters. The van der Waals surface area contributed by atoms with E-state index in [1.165, 1.54) is 11.1 Å². The second kappa shape index (κ2) is 11.4. The summed E-state index contributed by atoms with van der Waals surface area (Å²) < 4.78 is 28.4. The molecular formula is C17H24IN3O3S2. The highest BCUT2D eigenvalue weighted by atomic mass is 127. The Kier molecular flexibility index (Phi) is 9.96. The molecular weight excluding hydrogens is 485 g/mol. The second-order valence-corrected chi connectivity index (χ2v) is 8.40. The molecule has 144 valence electrons. The van der Waals surface area contributed by atoms with Gasteiger partial charge in [0.25, 0.3) is 0 Å². The molecule has 6 nitrogen and oxygen atoms in total. The van der Waals surface area contributed by atoms with Gasteiger partial charge in [0.15, 0.2) is 15.8 Å². The van der Waals surface area contributed by atoms with Crippen LogP contribution in [0.2, 0.25) is 0 Å². The number of halogens is 1. The molecule has 2 aromatic rings. The molecule has 1 aromatic heterocycles. The van der Waals surface area contributed by atoms with Crippen LogP contribution in [-0.4, -0.2) is 47.4 Å². The van der Waals surface area contributed by atoms with Gasteiger partial charge >= 0.3 is 0 Å². The third kappa shape index (κ3) is 7.92. The first-order valence-electron chi connectivity index (χ1n) is 7.89. The average Bonchev–Trinajstić information content (AvgIpc) is 3.10. The summed E-state index contributed by atoms with van der Waals surface area (Å²) in [5.74, 6) is 1.36. The Labute approximate surface area is 176 Å². The summed E-state index contributed by atoms with van der Waals surface area (Å²) in [5.41, 5.74) is 0. The van der Waals surface area contributed by atoms with Gasteiger partial charge < -0.3 is 15.4 Å². The molecule has 9 heteroatoms. The number of hydrogen-bond donors (Lipinski definition) is 2. The minimum absolute atomic E-state index is 0. The van der Waals surface area contributed by atoms with Crippen LogP contribution in [0.5, 0.6) is 5.75 Å². The van der Waals surface area contributed by atoms with E-state index in [0.29, 0.717) is 18.9 Å². The molecule has 0 aliphatic rings. The van der Waals surface area contributed by atoms with E-state index < -0.39 is 9.84 Å². The predicted molar refractivity (Wildman–Crippen MR) is 118 cm³/mol. The molecule has 0 atom stereocenters. The number of nitrogens with zero attached hydrogens (tertiary/aromatic N) is 1. The van der Waals surface area contributed by atoms with E-state index in [1.807, 2.05) is 6.07 Å². The lowest BCUT2D eigenvalue weighted by molar-refractivity contribution is 0.321. The van der Waals surface area contributed by atoms with Crippen LogP contribution >= 0.6 is 35.3 Å². The minimum atomic E-state index is -3.18. The number of thiophene rings is 1. The van der Waals surface area contributed by atoms with E-state index in [9.17, 15) is 8.42 Å². The van der Waals surface area contributed by atoms with Gasteiger partial charge in [-0.1, -0.05) is 6.07 Å². The molecule has 0 aliphatic carbocycles. The lowest BCUT2D eigenvalue weighted by Gasteiger charge is -2.12. The zero-order valence-corrected chi connectivity index (χ0v) is 18.7. The maximum Gasteiger partial charge on any atom is 0.191 e. The summed E-state index contributed by atoms with van der Waals surface area (Å²) in [6.45, 7) is 1.85. The fourth-order valence-electron chi connectivity index (χ4n) is 2.10. The van der Waals surface area contributed by atoms with Gasteiger partial charge in [0.2, 0.25) is 0 Å². The Morgan fingerprint density at radius 3 is 2.42 bits per heavy atom. The molecule has 0 fully saturated rings. The summed E-state index contributed by atoms with van der Waals surface area (Å²) in [5, 5.41) is 8.50. The molecule has 0 saturated heterocycles. The molecule has 2 N–H and O–H groups in total. The zero-order chi connectivity index (χ0) is 18.1. The third-order valence-electron chi connectivity index (χ3n) is 3.38. The van der Waals surface area contributed by atoms with Crippen LogP contribution in [0, 0.1) is 0 Å². The van der Waals surface area contributed by atoms with Crippen LogP contribution in [0.3, 0.4) is 0 Å². The maximum absolute atomic E-state index is 11.4. The first-order valence-corrected chi connectivity index (χ1v) is 10.7. The number of sulfone groups is 1. The summed E-state index contributed by atoms with van der Waals surface area (Å²) in [6.07, 6.45) is 2.14. The third-order valence-corrected chi connectivity index (χ3v) is 5.45. The molecule has 1 aromatic carbocycles. The lowest BCUT2D eigenvalue weighted by Crippen LogP contribution is -2.40. The summed E-state index contributed by atoms with van der Waals surface area (Å²) in [4.78, 5) is 5.79. The Bertz CT molecular complexity index is 776. The molecule has 0 aliphatic heterocycles. The van der Waals surface area contributed by atoms with Crippen molar-refractivity contribution in [3.63, 3.8) is 0 Å². The molecule has 0 bridgehead atoms. The second-order valence-electron chi connectivity index (χ2n) is 5.35. The largest absolute Gasteiger partial charge is 0.492 e. The van der Waals surface area contributed by atoms with Crippen LogP contribution in [0.4, 0.5) is 0 Å².